The summed E-state index contributed by atoms with van der Waals surface area (Å²) in [4.78, 5) is 63.9. The number of aromatic nitrogens is 2. The van der Waals surface area contributed by atoms with Crippen LogP contribution in [0.1, 0.15) is 67.1 Å². The molecule has 0 saturated carbocycles. The van der Waals surface area contributed by atoms with Gasteiger partial charge >= 0.3 is 0 Å². The lowest BCUT2D eigenvalue weighted by atomic mass is 10.0. The number of hydrogen-bond acceptors (Lipinski definition) is 7. The Labute approximate surface area is 271 Å². The monoisotopic (exact) mass is 627 g/mol. The first-order chi connectivity index (χ1) is 22.2. The lowest BCUT2D eigenvalue weighted by Gasteiger charge is -2.25. The van der Waals surface area contributed by atoms with Crippen LogP contribution >= 0.6 is 0 Å². The quantitative estimate of drug-likeness (QED) is 0.308. The third-order valence-corrected chi connectivity index (χ3v) is 7.84. The van der Waals surface area contributed by atoms with Gasteiger partial charge in [-0.15, -0.1) is 0 Å². The Morgan fingerprint density at radius 3 is 2.20 bits per heavy atom. The number of carbonyl (C=O) groups is 4. The zero-order valence-corrected chi connectivity index (χ0v) is 26.9. The summed E-state index contributed by atoms with van der Waals surface area (Å²) in [6.07, 6.45) is 7.29. The van der Waals surface area contributed by atoms with Crippen LogP contribution in [0.25, 0.3) is 0 Å². The molecule has 1 aromatic heterocycles. The summed E-state index contributed by atoms with van der Waals surface area (Å²) in [5, 5.41) is 11.4. The molecule has 5 rings (SSSR count). The van der Waals surface area contributed by atoms with Crippen LogP contribution in [0.4, 0.5) is 0 Å². The molecule has 3 atom stereocenters. The van der Waals surface area contributed by atoms with Gasteiger partial charge in [-0.25, -0.2) is 9.97 Å². The highest BCUT2D eigenvalue weighted by atomic mass is 16.2. The number of amides is 4. The van der Waals surface area contributed by atoms with E-state index in [-0.39, 0.29) is 24.2 Å². The summed E-state index contributed by atoms with van der Waals surface area (Å²) in [5.74, 6) is -1.51. The number of fused-ring (bicyclic) bond motifs is 18. The number of hydrogen-bond donors (Lipinski definition) is 4. The molecule has 0 unspecified atom stereocenters. The van der Waals surface area contributed by atoms with Crippen LogP contribution in [0.2, 0.25) is 0 Å². The third-order valence-electron chi connectivity index (χ3n) is 7.84. The highest BCUT2D eigenvalue weighted by Gasteiger charge is 2.29. The van der Waals surface area contributed by atoms with Gasteiger partial charge in [-0.1, -0.05) is 56.3 Å². The van der Waals surface area contributed by atoms with Crippen molar-refractivity contribution in [2.45, 2.75) is 77.7 Å². The maximum atomic E-state index is 13.7. The highest BCUT2D eigenvalue weighted by molar-refractivity contribution is 5.98. The van der Waals surface area contributed by atoms with Gasteiger partial charge in [0.1, 0.15) is 24.5 Å². The zero-order valence-electron chi connectivity index (χ0n) is 26.9. The minimum absolute atomic E-state index is 0.0873. The minimum Gasteiger partial charge on any atom is -0.354 e. The Bertz CT molecular complexity index is 1430. The van der Waals surface area contributed by atoms with Crippen molar-refractivity contribution in [2.75, 3.05) is 13.1 Å². The topological polar surface area (TPSA) is 145 Å². The second-order valence-corrected chi connectivity index (χ2v) is 12.3. The Hall–Kier alpha value is -4.64. The van der Waals surface area contributed by atoms with Crippen molar-refractivity contribution in [3.63, 3.8) is 0 Å². The molecule has 3 heterocycles. The summed E-state index contributed by atoms with van der Waals surface area (Å²) in [6, 6.07) is 14.2. The number of rotatable bonds is 6. The van der Waals surface area contributed by atoms with Gasteiger partial charge in [-0.05, 0) is 61.9 Å². The van der Waals surface area contributed by atoms with Gasteiger partial charge in [-0.2, -0.15) is 0 Å². The van der Waals surface area contributed by atoms with Gasteiger partial charge in [0.15, 0.2) is 0 Å². The molecule has 2 aliphatic heterocycles. The Balaban J connectivity index is 1.59. The van der Waals surface area contributed by atoms with Gasteiger partial charge < -0.3 is 21.3 Å². The molecule has 244 valence electrons. The number of carbonyl (C=O) groups excluding carboxylic acids is 4. The van der Waals surface area contributed by atoms with E-state index in [0.717, 1.165) is 36.1 Å². The van der Waals surface area contributed by atoms with Gasteiger partial charge in [0.2, 0.25) is 17.7 Å². The van der Waals surface area contributed by atoms with Crippen LogP contribution in [0, 0.1) is 5.92 Å². The van der Waals surface area contributed by atoms with Crippen LogP contribution in [-0.4, -0.2) is 69.7 Å². The van der Waals surface area contributed by atoms with E-state index >= 15 is 0 Å². The molecule has 0 saturated heterocycles. The van der Waals surface area contributed by atoms with Crippen molar-refractivity contribution in [3.8, 4) is 0 Å². The lowest BCUT2D eigenvalue weighted by Crippen LogP contribution is -2.57. The molecular formula is C35H45N7O4. The Kier molecular flexibility index (Phi) is 12.8. The van der Waals surface area contributed by atoms with E-state index in [1.807, 2.05) is 56.3 Å². The highest BCUT2D eigenvalue weighted by Crippen LogP contribution is 2.14. The molecule has 2 aromatic carbocycles. The maximum absolute atomic E-state index is 13.7. The standard InChI is InChI=1S/C35H45N7O4/c1-24(2)17-30-34(45)39-25(3)32(43)38-15-7-8-16-42(22-28-19-36-23-37-20-28)21-27-11-13-29(14-12-27)33(44)40-31(35(46)41-30)18-26-9-5-4-6-10-26/h4-6,9-14,19-20,23-25,30-31H,7-8,15-18,21-22H2,1-3H3,(H,38,43)(H,39,45)(H,40,44)(H,41,46)/t25-,30+,31-/m1/s1. The molecule has 0 spiro atoms. The van der Waals surface area contributed by atoms with E-state index in [1.54, 1.807) is 31.5 Å². The predicted molar refractivity (Wildman–Crippen MR) is 175 cm³/mol. The average molecular weight is 628 g/mol. The first-order valence-corrected chi connectivity index (χ1v) is 16.0. The minimum atomic E-state index is -0.935. The van der Waals surface area contributed by atoms with E-state index in [2.05, 4.69) is 36.1 Å². The smallest absolute Gasteiger partial charge is 0.251 e. The first kappa shape index (κ1) is 34.2. The fourth-order valence-corrected chi connectivity index (χ4v) is 5.38. The fraction of sp³-hybridized carbons (Fsp3) is 0.429. The summed E-state index contributed by atoms with van der Waals surface area (Å²) in [7, 11) is 0. The molecule has 4 amide bonds. The van der Waals surface area contributed by atoms with Crippen molar-refractivity contribution in [1.29, 1.82) is 0 Å². The lowest BCUT2D eigenvalue weighted by molar-refractivity contribution is -0.132. The SMILES string of the molecule is CC(C)C[C@@H]1NC(=O)[C@@H](Cc2ccccc2)NC(=O)c2ccc(cc2)CN(Cc2cncnc2)CCCCNC(=O)[C@@H](C)NC1=O. The van der Waals surface area contributed by atoms with E-state index in [1.165, 1.54) is 6.33 Å². The van der Waals surface area contributed by atoms with E-state index in [9.17, 15) is 19.2 Å². The molecule has 2 bridgehead atoms. The largest absolute Gasteiger partial charge is 0.354 e. The van der Waals surface area contributed by atoms with Crippen molar-refractivity contribution in [3.05, 3.63) is 95.6 Å². The second-order valence-electron chi connectivity index (χ2n) is 12.3. The molecule has 4 N–H and O–H groups in total. The fourth-order valence-electron chi connectivity index (χ4n) is 5.38. The number of benzene rings is 2. The molecule has 0 radical (unpaired) electrons. The van der Waals surface area contributed by atoms with Crippen LogP contribution in [0.3, 0.4) is 0 Å². The molecule has 3 aromatic rings. The Morgan fingerprint density at radius 1 is 0.804 bits per heavy atom. The van der Waals surface area contributed by atoms with Crippen molar-refractivity contribution in [2.24, 2.45) is 5.92 Å². The van der Waals surface area contributed by atoms with E-state index in [4.69, 9.17) is 0 Å². The van der Waals surface area contributed by atoms with Crippen molar-refractivity contribution in [1.82, 2.24) is 36.1 Å². The van der Waals surface area contributed by atoms with Crippen LogP contribution < -0.4 is 21.3 Å². The third kappa shape index (κ3) is 10.8. The zero-order chi connectivity index (χ0) is 32.9. The summed E-state index contributed by atoms with van der Waals surface area (Å²) in [5.41, 5.74) is 3.31. The molecule has 2 aliphatic rings. The molecule has 0 aliphatic carbocycles. The summed E-state index contributed by atoms with van der Waals surface area (Å²) >= 11 is 0. The van der Waals surface area contributed by atoms with Crippen LogP contribution in [0.5, 0.6) is 0 Å². The number of nitrogens with zero attached hydrogens (tertiary/aromatic N) is 3. The molecular weight excluding hydrogens is 582 g/mol. The van der Waals surface area contributed by atoms with Crippen molar-refractivity contribution >= 4 is 23.6 Å². The molecule has 11 nitrogen and oxygen atoms in total. The van der Waals surface area contributed by atoms with Gasteiger partial charge in [-0.3, -0.25) is 24.1 Å². The van der Waals surface area contributed by atoms with Gasteiger partial charge in [0, 0.05) is 49.6 Å². The summed E-state index contributed by atoms with van der Waals surface area (Å²) < 4.78 is 0. The molecule has 11 heteroatoms. The molecule has 0 fully saturated rings. The van der Waals surface area contributed by atoms with E-state index < -0.39 is 29.9 Å². The van der Waals surface area contributed by atoms with Crippen LogP contribution in [-0.2, 0) is 33.9 Å². The number of nitrogens with one attached hydrogen (secondary N) is 4. The maximum Gasteiger partial charge on any atom is 0.251 e. The predicted octanol–water partition coefficient (Wildman–Crippen LogP) is 2.77. The second kappa shape index (κ2) is 17.2. The first-order valence-electron chi connectivity index (χ1n) is 16.0. The van der Waals surface area contributed by atoms with Gasteiger partial charge in [0.05, 0.1) is 0 Å². The Morgan fingerprint density at radius 2 is 1.50 bits per heavy atom. The summed E-state index contributed by atoms with van der Waals surface area (Å²) in [6.45, 7) is 8.06. The van der Waals surface area contributed by atoms with Crippen molar-refractivity contribution < 1.29 is 19.2 Å². The van der Waals surface area contributed by atoms with E-state index in [0.29, 0.717) is 31.6 Å². The molecule has 46 heavy (non-hydrogen) atoms. The van der Waals surface area contributed by atoms with Gasteiger partial charge in [0.25, 0.3) is 5.91 Å². The normalized spacial score (nSPS) is 21.1. The average Bonchev–Trinajstić information content (AvgIpc) is 3.04. The van der Waals surface area contributed by atoms with Crippen LogP contribution in [0.15, 0.2) is 73.3 Å².